The van der Waals surface area contributed by atoms with Crippen molar-refractivity contribution in [3.8, 4) is 11.4 Å². The molecule has 0 radical (unpaired) electrons. The number of carbonyl (C=O) groups excluding carboxylic acids is 1. The van der Waals surface area contributed by atoms with Crippen LogP contribution in [0, 0.1) is 0 Å². The van der Waals surface area contributed by atoms with Crippen molar-refractivity contribution in [2.75, 3.05) is 37.6 Å². The average molecular weight is 457 g/mol. The molecule has 0 aliphatic carbocycles. The number of halogens is 3. The van der Waals surface area contributed by atoms with E-state index in [1.807, 2.05) is 18.2 Å². The maximum absolute atomic E-state index is 12.3. The van der Waals surface area contributed by atoms with Crippen molar-refractivity contribution in [1.29, 1.82) is 0 Å². The second kappa shape index (κ2) is 9.67. The molecule has 2 aliphatic rings. The highest BCUT2D eigenvalue weighted by Gasteiger charge is 2.21. The summed E-state index contributed by atoms with van der Waals surface area (Å²) in [5.41, 5.74) is 4.85. The van der Waals surface area contributed by atoms with Crippen LogP contribution in [-0.2, 0) is 6.54 Å². The molecule has 29 heavy (non-hydrogen) atoms. The number of benzene rings is 2. The Morgan fingerprint density at radius 3 is 2.31 bits per heavy atom. The van der Waals surface area contributed by atoms with Gasteiger partial charge in [0.2, 0.25) is 0 Å². The van der Waals surface area contributed by atoms with Crippen LogP contribution in [0.15, 0.2) is 42.5 Å². The summed E-state index contributed by atoms with van der Waals surface area (Å²) >= 11 is 0. The lowest BCUT2D eigenvalue weighted by Gasteiger charge is -2.29. The SMILES string of the molecule is Cl.Cl.Cl.O=C1NCCn2c(-c3ccc(N4CCNCC4)cc3)nc3cccc1c32. The first-order valence-corrected chi connectivity index (χ1v) is 9.15. The van der Waals surface area contributed by atoms with Crippen LogP contribution in [0.2, 0.25) is 0 Å². The zero-order valence-electron chi connectivity index (χ0n) is 15.8. The Balaban J connectivity index is 0.000001000. The van der Waals surface area contributed by atoms with Crippen molar-refractivity contribution in [1.82, 2.24) is 20.2 Å². The van der Waals surface area contributed by atoms with E-state index in [-0.39, 0.29) is 43.1 Å². The summed E-state index contributed by atoms with van der Waals surface area (Å²) in [5.74, 6) is 0.908. The van der Waals surface area contributed by atoms with Crippen molar-refractivity contribution in [2.45, 2.75) is 6.54 Å². The first kappa shape index (κ1) is 23.3. The molecule has 6 nitrogen and oxygen atoms in total. The van der Waals surface area contributed by atoms with Crippen LogP contribution < -0.4 is 15.5 Å². The fourth-order valence-electron chi connectivity index (χ4n) is 3.93. The van der Waals surface area contributed by atoms with Gasteiger partial charge < -0.3 is 20.1 Å². The van der Waals surface area contributed by atoms with Crippen LogP contribution in [0.4, 0.5) is 5.69 Å². The quantitative estimate of drug-likeness (QED) is 0.622. The van der Waals surface area contributed by atoms with Crippen molar-refractivity contribution >= 4 is 59.8 Å². The van der Waals surface area contributed by atoms with Gasteiger partial charge in [0.1, 0.15) is 5.82 Å². The lowest BCUT2D eigenvalue weighted by atomic mass is 10.1. The molecule has 9 heteroatoms. The Morgan fingerprint density at radius 2 is 1.59 bits per heavy atom. The van der Waals surface area contributed by atoms with Crippen LogP contribution in [0.3, 0.4) is 0 Å². The Morgan fingerprint density at radius 1 is 0.862 bits per heavy atom. The minimum atomic E-state index is -0.0187. The molecular weight excluding hydrogens is 433 g/mol. The maximum atomic E-state index is 12.3. The van der Waals surface area contributed by atoms with Gasteiger partial charge in [0.15, 0.2) is 0 Å². The summed E-state index contributed by atoms with van der Waals surface area (Å²) in [6.07, 6.45) is 0. The Hall–Kier alpha value is -1.99. The van der Waals surface area contributed by atoms with Gasteiger partial charge in [0.25, 0.3) is 5.91 Å². The van der Waals surface area contributed by atoms with Crippen molar-refractivity contribution in [3.05, 3.63) is 48.0 Å². The molecule has 1 saturated heterocycles. The average Bonchev–Trinajstić information content (AvgIpc) is 2.98. The van der Waals surface area contributed by atoms with Gasteiger partial charge >= 0.3 is 0 Å². The molecule has 3 aromatic rings. The highest BCUT2D eigenvalue weighted by Crippen LogP contribution is 2.29. The lowest BCUT2D eigenvalue weighted by molar-refractivity contribution is 0.0956. The van der Waals surface area contributed by atoms with Crippen LogP contribution >= 0.6 is 37.2 Å². The Labute approximate surface area is 188 Å². The van der Waals surface area contributed by atoms with Gasteiger partial charge in [0, 0.05) is 50.5 Å². The number of imidazole rings is 1. The summed E-state index contributed by atoms with van der Waals surface area (Å²) < 4.78 is 2.17. The highest BCUT2D eigenvalue weighted by molar-refractivity contribution is 6.06. The number of rotatable bonds is 2. The molecule has 1 fully saturated rings. The standard InChI is InChI=1S/C20H21N5O.3ClH/c26-20-16-2-1-3-17-18(16)25(13-10-22-20)19(23-17)14-4-6-15(7-5-14)24-11-8-21-9-12-24;;;/h1-7,21H,8-13H2,(H,22,26);3*1H. The molecule has 2 aromatic carbocycles. The van der Waals surface area contributed by atoms with E-state index in [4.69, 9.17) is 4.98 Å². The fraction of sp³-hybridized carbons (Fsp3) is 0.300. The van der Waals surface area contributed by atoms with E-state index in [1.54, 1.807) is 0 Å². The number of carbonyl (C=O) groups is 1. The predicted octanol–water partition coefficient (Wildman–Crippen LogP) is 3.12. The van der Waals surface area contributed by atoms with Gasteiger partial charge in [-0.1, -0.05) is 6.07 Å². The van der Waals surface area contributed by atoms with Crippen molar-refractivity contribution in [2.24, 2.45) is 0 Å². The van der Waals surface area contributed by atoms with E-state index in [9.17, 15) is 4.79 Å². The normalized spacial score (nSPS) is 15.4. The summed E-state index contributed by atoms with van der Waals surface area (Å²) in [6, 6.07) is 14.4. The molecule has 5 rings (SSSR count). The van der Waals surface area contributed by atoms with Crippen LogP contribution in [0.5, 0.6) is 0 Å². The predicted molar refractivity (Wildman–Crippen MR) is 124 cm³/mol. The zero-order chi connectivity index (χ0) is 17.5. The molecule has 2 aliphatic heterocycles. The van der Waals surface area contributed by atoms with Gasteiger partial charge in [-0.15, -0.1) is 37.2 Å². The summed E-state index contributed by atoms with van der Waals surface area (Å²) in [6.45, 7) is 5.48. The topological polar surface area (TPSA) is 62.2 Å². The van der Waals surface area contributed by atoms with Crippen LogP contribution in [-0.4, -0.2) is 48.2 Å². The molecule has 156 valence electrons. The lowest BCUT2D eigenvalue weighted by Crippen LogP contribution is -2.43. The smallest absolute Gasteiger partial charge is 0.253 e. The summed E-state index contributed by atoms with van der Waals surface area (Å²) in [5, 5.41) is 6.35. The molecule has 0 atom stereocenters. The van der Waals surface area contributed by atoms with Crippen molar-refractivity contribution < 1.29 is 4.79 Å². The number of anilines is 1. The number of nitrogens with one attached hydrogen (secondary N) is 2. The molecular formula is C20H24Cl3N5O. The van der Waals surface area contributed by atoms with E-state index >= 15 is 0 Å². The monoisotopic (exact) mass is 455 g/mol. The van der Waals surface area contributed by atoms with E-state index in [0.717, 1.165) is 55.1 Å². The van der Waals surface area contributed by atoms with Gasteiger partial charge in [-0.25, -0.2) is 4.98 Å². The number of para-hydroxylation sites is 1. The molecule has 0 spiro atoms. The number of nitrogens with zero attached hydrogens (tertiary/aromatic N) is 3. The number of hydrogen-bond acceptors (Lipinski definition) is 4. The first-order valence-electron chi connectivity index (χ1n) is 9.15. The van der Waals surface area contributed by atoms with Crippen molar-refractivity contribution in [3.63, 3.8) is 0 Å². The summed E-state index contributed by atoms with van der Waals surface area (Å²) in [7, 11) is 0. The molecule has 3 heterocycles. The Bertz CT molecular complexity index is 984. The van der Waals surface area contributed by atoms with Gasteiger partial charge in [-0.2, -0.15) is 0 Å². The number of piperazine rings is 1. The third-order valence-corrected chi connectivity index (χ3v) is 5.24. The van der Waals surface area contributed by atoms with Gasteiger partial charge in [-0.3, -0.25) is 4.79 Å². The number of amides is 1. The fourth-order valence-corrected chi connectivity index (χ4v) is 3.93. The van der Waals surface area contributed by atoms with Gasteiger partial charge in [-0.05, 0) is 36.4 Å². The second-order valence-corrected chi connectivity index (χ2v) is 6.80. The zero-order valence-corrected chi connectivity index (χ0v) is 18.2. The largest absolute Gasteiger partial charge is 0.369 e. The molecule has 1 amide bonds. The van der Waals surface area contributed by atoms with E-state index in [2.05, 4.69) is 44.4 Å². The minimum absolute atomic E-state index is 0. The summed E-state index contributed by atoms with van der Waals surface area (Å²) in [4.78, 5) is 19.5. The van der Waals surface area contributed by atoms with E-state index in [1.165, 1.54) is 5.69 Å². The van der Waals surface area contributed by atoms with E-state index in [0.29, 0.717) is 12.1 Å². The number of aromatic nitrogens is 2. The second-order valence-electron chi connectivity index (χ2n) is 6.80. The molecule has 1 aromatic heterocycles. The maximum Gasteiger partial charge on any atom is 0.253 e. The van der Waals surface area contributed by atoms with Gasteiger partial charge in [0.05, 0.1) is 16.6 Å². The minimum Gasteiger partial charge on any atom is -0.369 e. The molecule has 2 N–H and O–H groups in total. The van der Waals surface area contributed by atoms with E-state index < -0.39 is 0 Å². The molecule has 0 unspecified atom stereocenters. The number of hydrogen-bond donors (Lipinski definition) is 2. The highest BCUT2D eigenvalue weighted by atomic mass is 35.5. The first-order chi connectivity index (χ1) is 12.8. The molecule has 0 saturated carbocycles. The van der Waals surface area contributed by atoms with Crippen LogP contribution in [0.1, 0.15) is 10.4 Å². The third kappa shape index (κ3) is 4.16. The molecule has 0 bridgehead atoms. The third-order valence-electron chi connectivity index (χ3n) is 5.24. The Kier molecular flexibility index (Phi) is 7.77. The van der Waals surface area contributed by atoms with Crippen LogP contribution in [0.25, 0.3) is 22.4 Å².